The number of ketones is 1. The summed E-state index contributed by atoms with van der Waals surface area (Å²) in [5.41, 5.74) is 1.13. The Morgan fingerprint density at radius 3 is 2.68 bits per heavy atom. The van der Waals surface area contributed by atoms with Crippen molar-refractivity contribution in [1.82, 2.24) is 0 Å². The highest BCUT2D eigenvalue weighted by molar-refractivity contribution is 6.30. The van der Waals surface area contributed by atoms with E-state index in [-0.39, 0.29) is 5.78 Å². The number of benzene rings is 1. The van der Waals surface area contributed by atoms with Gasteiger partial charge in [-0.2, -0.15) is 0 Å². The highest BCUT2D eigenvalue weighted by atomic mass is 35.5. The lowest BCUT2D eigenvalue weighted by atomic mass is 9.90. The zero-order chi connectivity index (χ0) is 14.3. The number of carbonyl (C=O) groups is 1. The lowest BCUT2D eigenvalue weighted by Crippen LogP contribution is -2.05. The zero-order valence-corrected chi connectivity index (χ0v) is 12.8. The first-order valence-corrected chi connectivity index (χ1v) is 7.37. The van der Waals surface area contributed by atoms with Gasteiger partial charge in [0.15, 0.2) is 0 Å². The maximum atomic E-state index is 11.2. The molecule has 0 radical (unpaired) electrons. The lowest BCUT2D eigenvalue weighted by Gasteiger charge is -2.19. The molecule has 3 heteroatoms. The highest BCUT2D eigenvalue weighted by Gasteiger charge is 2.16. The van der Waals surface area contributed by atoms with Crippen molar-refractivity contribution >= 4 is 17.4 Å². The molecule has 2 nitrogen and oxygen atoms in total. The molecule has 0 heterocycles. The first-order valence-electron chi connectivity index (χ1n) is 7.00. The minimum absolute atomic E-state index is 0.233. The van der Waals surface area contributed by atoms with E-state index in [1.54, 1.807) is 6.92 Å². The predicted molar refractivity (Wildman–Crippen MR) is 80.2 cm³/mol. The summed E-state index contributed by atoms with van der Waals surface area (Å²) in [5.74, 6) is 1.47. The van der Waals surface area contributed by atoms with Gasteiger partial charge in [-0.1, -0.05) is 25.4 Å². The van der Waals surface area contributed by atoms with Crippen LogP contribution in [0.1, 0.15) is 57.9 Å². The van der Waals surface area contributed by atoms with E-state index in [1.807, 2.05) is 18.2 Å². The molecule has 1 atom stereocenters. The van der Waals surface area contributed by atoms with Crippen molar-refractivity contribution in [3.05, 3.63) is 28.8 Å². The fraction of sp³-hybridized carbons (Fsp3) is 0.562. The highest BCUT2D eigenvalue weighted by Crippen LogP contribution is 2.34. The summed E-state index contributed by atoms with van der Waals surface area (Å²) in [6.07, 6.45) is 3.43. The van der Waals surface area contributed by atoms with E-state index in [9.17, 15) is 4.79 Å². The number of Topliss-reactive ketones (excluding diaryl/α,β-unsaturated/α-hetero) is 1. The van der Waals surface area contributed by atoms with Crippen LogP contribution in [0, 0.1) is 0 Å². The number of halogens is 1. The normalized spacial score (nSPS) is 12.2. The Morgan fingerprint density at radius 2 is 2.11 bits per heavy atom. The Bertz CT molecular complexity index is 415. The third-order valence-electron chi connectivity index (χ3n) is 3.21. The van der Waals surface area contributed by atoms with Gasteiger partial charge in [-0.3, -0.25) is 0 Å². The second-order valence-electron chi connectivity index (χ2n) is 4.88. The van der Waals surface area contributed by atoms with Gasteiger partial charge < -0.3 is 9.53 Å². The predicted octanol–water partition coefficient (Wildman–Crippen LogP) is 4.99. The molecule has 0 aliphatic rings. The van der Waals surface area contributed by atoms with Crippen LogP contribution in [0.25, 0.3) is 0 Å². The number of hydrogen-bond acceptors (Lipinski definition) is 2. The Labute approximate surface area is 121 Å². The van der Waals surface area contributed by atoms with Crippen molar-refractivity contribution < 1.29 is 9.53 Å². The summed E-state index contributed by atoms with van der Waals surface area (Å²) in [6, 6.07) is 5.76. The molecule has 0 aromatic heterocycles. The molecule has 106 valence electrons. The molecule has 1 aromatic rings. The topological polar surface area (TPSA) is 26.3 Å². The molecule has 1 rings (SSSR count). The maximum Gasteiger partial charge on any atom is 0.129 e. The molecular weight excluding hydrogens is 260 g/mol. The average Bonchev–Trinajstić information content (AvgIpc) is 2.38. The van der Waals surface area contributed by atoms with Crippen molar-refractivity contribution in [2.45, 2.75) is 52.4 Å². The molecule has 0 aliphatic carbocycles. The standard InChI is InChI=1S/C16H23ClO2/c1-4-10-19-16-9-8-14(17)11-15(16)13(5-2)7-6-12(3)18/h8-9,11,13H,4-7,10H2,1-3H3. The second kappa shape index (κ2) is 8.21. The number of hydrogen-bond donors (Lipinski definition) is 0. The van der Waals surface area contributed by atoms with Crippen LogP contribution in [-0.4, -0.2) is 12.4 Å². The van der Waals surface area contributed by atoms with Gasteiger partial charge in [0.05, 0.1) is 6.61 Å². The van der Waals surface area contributed by atoms with E-state index < -0.39 is 0 Å². The van der Waals surface area contributed by atoms with Gasteiger partial charge in [0.25, 0.3) is 0 Å². The van der Waals surface area contributed by atoms with Gasteiger partial charge in [0.2, 0.25) is 0 Å². The molecule has 1 aromatic carbocycles. The van der Waals surface area contributed by atoms with E-state index >= 15 is 0 Å². The van der Waals surface area contributed by atoms with Crippen molar-refractivity contribution in [1.29, 1.82) is 0 Å². The minimum Gasteiger partial charge on any atom is -0.493 e. The molecule has 0 fully saturated rings. The summed E-state index contributed by atoms with van der Waals surface area (Å²) >= 11 is 6.09. The van der Waals surface area contributed by atoms with Gasteiger partial charge in [0.1, 0.15) is 11.5 Å². The zero-order valence-electron chi connectivity index (χ0n) is 12.0. The number of rotatable bonds is 8. The fourth-order valence-corrected chi connectivity index (χ4v) is 2.32. The van der Waals surface area contributed by atoms with Gasteiger partial charge in [-0.15, -0.1) is 0 Å². The van der Waals surface area contributed by atoms with Crippen LogP contribution in [0.3, 0.4) is 0 Å². The molecular formula is C16H23ClO2. The van der Waals surface area contributed by atoms with E-state index in [0.717, 1.165) is 35.6 Å². The monoisotopic (exact) mass is 282 g/mol. The van der Waals surface area contributed by atoms with E-state index in [0.29, 0.717) is 18.9 Å². The summed E-state index contributed by atoms with van der Waals surface area (Å²) in [4.78, 5) is 11.2. The van der Waals surface area contributed by atoms with Crippen LogP contribution in [0.4, 0.5) is 0 Å². The van der Waals surface area contributed by atoms with E-state index in [1.165, 1.54) is 0 Å². The molecule has 19 heavy (non-hydrogen) atoms. The first kappa shape index (κ1) is 16.0. The summed E-state index contributed by atoms with van der Waals surface area (Å²) in [7, 11) is 0. The Morgan fingerprint density at radius 1 is 1.37 bits per heavy atom. The Hall–Kier alpha value is -1.02. The van der Waals surface area contributed by atoms with E-state index in [4.69, 9.17) is 16.3 Å². The van der Waals surface area contributed by atoms with Crippen LogP contribution >= 0.6 is 11.6 Å². The van der Waals surface area contributed by atoms with Crippen LogP contribution in [0.2, 0.25) is 5.02 Å². The molecule has 0 amide bonds. The quantitative estimate of drug-likeness (QED) is 0.671. The third kappa shape index (κ3) is 5.23. The smallest absolute Gasteiger partial charge is 0.129 e. The first-order chi connectivity index (χ1) is 9.08. The van der Waals surface area contributed by atoms with Gasteiger partial charge in [-0.25, -0.2) is 0 Å². The van der Waals surface area contributed by atoms with Crippen molar-refractivity contribution in [2.24, 2.45) is 0 Å². The van der Waals surface area contributed by atoms with Gasteiger partial charge >= 0.3 is 0 Å². The van der Waals surface area contributed by atoms with Gasteiger partial charge in [-0.05, 0) is 55.9 Å². The molecule has 0 spiro atoms. The average molecular weight is 283 g/mol. The SMILES string of the molecule is CCCOc1ccc(Cl)cc1C(CC)CCC(C)=O. The summed E-state index contributed by atoms with van der Waals surface area (Å²) < 4.78 is 5.79. The number of carbonyl (C=O) groups excluding carboxylic acids is 1. The van der Waals surface area contributed by atoms with Crippen LogP contribution in [0.5, 0.6) is 5.75 Å². The van der Waals surface area contributed by atoms with Crippen LogP contribution in [-0.2, 0) is 4.79 Å². The summed E-state index contributed by atoms with van der Waals surface area (Å²) in [6.45, 7) is 6.56. The Kier molecular flexibility index (Phi) is 6.93. The largest absolute Gasteiger partial charge is 0.493 e. The van der Waals surface area contributed by atoms with Crippen molar-refractivity contribution in [2.75, 3.05) is 6.61 Å². The fourth-order valence-electron chi connectivity index (χ4n) is 2.14. The van der Waals surface area contributed by atoms with Crippen molar-refractivity contribution in [3.63, 3.8) is 0 Å². The van der Waals surface area contributed by atoms with Crippen molar-refractivity contribution in [3.8, 4) is 5.75 Å². The molecule has 1 unspecified atom stereocenters. The van der Waals surface area contributed by atoms with Crippen LogP contribution in [0.15, 0.2) is 18.2 Å². The maximum absolute atomic E-state index is 11.2. The lowest BCUT2D eigenvalue weighted by molar-refractivity contribution is -0.117. The molecule has 0 saturated carbocycles. The molecule has 0 aliphatic heterocycles. The Balaban J connectivity index is 2.92. The van der Waals surface area contributed by atoms with Gasteiger partial charge in [0, 0.05) is 11.4 Å². The third-order valence-corrected chi connectivity index (χ3v) is 3.45. The van der Waals surface area contributed by atoms with E-state index in [2.05, 4.69) is 13.8 Å². The molecule has 0 bridgehead atoms. The minimum atomic E-state index is 0.233. The van der Waals surface area contributed by atoms with Crippen LogP contribution < -0.4 is 4.74 Å². The summed E-state index contributed by atoms with van der Waals surface area (Å²) in [5, 5.41) is 0.722. The molecule has 0 saturated heterocycles. The molecule has 0 N–H and O–H groups in total. The number of ether oxygens (including phenoxy) is 1. The second-order valence-corrected chi connectivity index (χ2v) is 5.31.